The van der Waals surface area contributed by atoms with Gasteiger partial charge < -0.3 is 9.84 Å². The van der Waals surface area contributed by atoms with Crippen LogP contribution in [0.25, 0.3) is 0 Å². The Morgan fingerprint density at radius 3 is 2.29 bits per heavy atom. The molecule has 0 aliphatic heterocycles. The third kappa shape index (κ3) is 2.81. The number of benzene rings is 2. The van der Waals surface area contributed by atoms with E-state index in [0.717, 1.165) is 16.9 Å². The van der Waals surface area contributed by atoms with E-state index in [1.807, 2.05) is 36.4 Å². The average Bonchev–Trinajstić information content (AvgIpc) is 3.41. The van der Waals surface area contributed by atoms with Crippen molar-refractivity contribution in [3.8, 4) is 5.75 Å². The van der Waals surface area contributed by atoms with Crippen LogP contribution in [0.4, 0.5) is 0 Å². The highest BCUT2D eigenvalue weighted by atomic mass is 16.5. The Morgan fingerprint density at radius 2 is 1.62 bits per heavy atom. The lowest BCUT2D eigenvalue weighted by Crippen LogP contribution is -2.03. The summed E-state index contributed by atoms with van der Waals surface area (Å²) < 4.78 is 5.76. The molecule has 1 unspecified atom stereocenters. The lowest BCUT2D eigenvalue weighted by molar-refractivity contribution is 0.219. The molecule has 1 N–H and O–H groups in total. The molecule has 2 nitrogen and oxygen atoms in total. The number of ether oxygens (including phenoxy) is 1. The van der Waals surface area contributed by atoms with Crippen molar-refractivity contribution in [1.29, 1.82) is 0 Å². The van der Waals surface area contributed by atoms with E-state index < -0.39 is 6.10 Å². The Balaban J connectivity index is 1.57. The fraction of sp³-hybridized carbons (Fsp3) is 0.368. The van der Waals surface area contributed by atoms with E-state index in [0.29, 0.717) is 12.0 Å². The Labute approximate surface area is 125 Å². The van der Waals surface area contributed by atoms with E-state index in [2.05, 4.69) is 12.1 Å². The largest absolute Gasteiger partial charge is 0.490 e. The molecule has 0 bridgehead atoms. The van der Waals surface area contributed by atoms with Gasteiger partial charge in [-0.2, -0.15) is 0 Å². The van der Waals surface area contributed by atoms with Gasteiger partial charge in [0, 0.05) is 0 Å². The minimum atomic E-state index is -0.545. The van der Waals surface area contributed by atoms with E-state index in [1.165, 1.54) is 31.2 Å². The van der Waals surface area contributed by atoms with Crippen LogP contribution in [0.5, 0.6) is 5.75 Å². The van der Waals surface area contributed by atoms with Gasteiger partial charge in [-0.1, -0.05) is 36.4 Å². The van der Waals surface area contributed by atoms with Crippen molar-refractivity contribution in [1.82, 2.24) is 0 Å². The van der Waals surface area contributed by atoms with Crippen molar-refractivity contribution >= 4 is 0 Å². The smallest absolute Gasteiger partial charge is 0.119 e. The van der Waals surface area contributed by atoms with Gasteiger partial charge in [0.25, 0.3) is 0 Å². The minimum Gasteiger partial charge on any atom is -0.490 e. The van der Waals surface area contributed by atoms with Crippen molar-refractivity contribution in [2.45, 2.75) is 43.8 Å². The molecule has 0 spiro atoms. The molecule has 0 radical (unpaired) electrons. The topological polar surface area (TPSA) is 29.5 Å². The molecule has 108 valence electrons. The number of hydrogen-bond donors (Lipinski definition) is 1. The quantitative estimate of drug-likeness (QED) is 0.890. The van der Waals surface area contributed by atoms with Gasteiger partial charge in [0.15, 0.2) is 0 Å². The van der Waals surface area contributed by atoms with Crippen molar-refractivity contribution in [2.75, 3.05) is 0 Å². The summed E-state index contributed by atoms with van der Waals surface area (Å²) in [5.74, 6) is 1.55. The Hall–Kier alpha value is -1.80. The van der Waals surface area contributed by atoms with Gasteiger partial charge >= 0.3 is 0 Å². The average molecular weight is 280 g/mol. The summed E-state index contributed by atoms with van der Waals surface area (Å²) in [6.07, 6.45) is 4.70. The van der Waals surface area contributed by atoms with E-state index >= 15 is 0 Å². The Kier molecular flexibility index (Phi) is 3.19. The van der Waals surface area contributed by atoms with Crippen LogP contribution in [0, 0.1) is 0 Å². The lowest BCUT2D eigenvalue weighted by atomic mass is 9.94. The zero-order valence-electron chi connectivity index (χ0n) is 12.0. The fourth-order valence-corrected chi connectivity index (χ4v) is 2.81. The van der Waals surface area contributed by atoms with Gasteiger partial charge in [-0.15, -0.1) is 0 Å². The van der Waals surface area contributed by atoms with Crippen LogP contribution >= 0.6 is 0 Å². The monoisotopic (exact) mass is 280 g/mol. The minimum absolute atomic E-state index is 0.413. The van der Waals surface area contributed by atoms with Crippen molar-refractivity contribution in [2.24, 2.45) is 0 Å². The van der Waals surface area contributed by atoms with Crippen LogP contribution in [0.1, 0.15) is 54.4 Å². The molecule has 0 heterocycles. The third-order valence-corrected chi connectivity index (χ3v) is 4.33. The van der Waals surface area contributed by atoms with E-state index in [9.17, 15) is 5.11 Å². The maximum Gasteiger partial charge on any atom is 0.119 e. The molecular weight excluding hydrogens is 260 g/mol. The summed E-state index contributed by atoms with van der Waals surface area (Å²) in [6.45, 7) is 0. The normalized spacial score (nSPS) is 19.3. The SMILES string of the molecule is OC(c1ccc(OC2CC2)cc1)c1ccccc1C1CC1. The highest BCUT2D eigenvalue weighted by molar-refractivity contribution is 5.40. The molecule has 0 saturated heterocycles. The molecule has 0 amide bonds. The van der Waals surface area contributed by atoms with Crippen LogP contribution in [0.3, 0.4) is 0 Å². The van der Waals surface area contributed by atoms with Crippen molar-refractivity contribution in [3.63, 3.8) is 0 Å². The van der Waals surface area contributed by atoms with E-state index in [1.54, 1.807) is 0 Å². The zero-order valence-corrected chi connectivity index (χ0v) is 12.0. The van der Waals surface area contributed by atoms with Gasteiger partial charge in [-0.3, -0.25) is 0 Å². The summed E-state index contributed by atoms with van der Waals surface area (Å²) >= 11 is 0. The van der Waals surface area contributed by atoms with Crippen LogP contribution < -0.4 is 4.74 Å². The molecule has 2 heteroatoms. The first-order valence-electron chi connectivity index (χ1n) is 7.85. The Bertz CT molecular complexity index is 624. The van der Waals surface area contributed by atoms with Crippen LogP contribution in [-0.4, -0.2) is 11.2 Å². The molecule has 2 aromatic rings. The molecule has 2 aliphatic carbocycles. The molecule has 2 aliphatic rings. The second-order valence-electron chi connectivity index (χ2n) is 6.19. The predicted molar refractivity (Wildman–Crippen MR) is 82.6 cm³/mol. The van der Waals surface area contributed by atoms with Crippen LogP contribution in [-0.2, 0) is 0 Å². The van der Waals surface area contributed by atoms with Gasteiger partial charge in [-0.05, 0) is 60.4 Å². The number of hydrogen-bond acceptors (Lipinski definition) is 2. The molecule has 21 heavy (non-hydrogen) atoms. The number of rotatable bonds is 5. The van der Waals surface area contributed by atoms with Gasteiger partial charge in [0.1, 0.15) is 11.9 Å². The van der Waals surface area contributed by atoms with Crippen LogP contribution in [0.2, 0.25) is 0 Å². The standard InChI is InChI=1S/C19H20O2/c20-19(18-4-2-1-3-17(18)13-5-6-13)14-7-9-15(10-8-14)21-16-11-12-16/h1-4,7-10,13,16,19-20H,5-6,11-12H2. The highest BCUT2D eigenvalue weighted by Crippen LogP contribution is 2.43. The second kappa shape index (κ2) is 5.19. The molecule has 2 aromatic carbocycles. The van der Waals surface area contributed by atoms with Crippen molar-refractivity contribution < 1.29 is 9.84 Å². The highest BCUT2D eigenvalue weighted by Gasteiger charge is 2.28. The van der Waals surface area contributed by atoms with E-state index in [4.69, 9.17) is 4.74 Å². The van der Waals surface area contributed by atoms with Gasteiger partial charge in [0.05, 0.1) is 6.10 Å². The summed E-state index contributed by atoms with van der Waals surface area (Å²) in [7, 11) is 0. The molecule has 1 atom stereocenters. The maximum atomic E-state index is 10.7. The van der Waals surface area contributed by atoms with Crippen LogP contribution in [0.15, 0.2) is 48.5 Å². The number of aliphatic hydroxyl groups is 1. The van der Waals surface area contributed by atoms with Gasteiger partial charge in [-0.25, -0.2) is 0 Å². The summed E-state index contributed by atoms with van der Waals surface area (Å²) in [4.78, 5) is 0. The number of aliphatic hydroxyl groups excluding tert-OH is 1. The van der Waals surface area contributed by atoms with E-state index in [-0.39, 0.29) is 0 Å². The first-order chi connectivity index (χ1) is 10.3. The molecule has 4 rings (SSSR count). The molecule has 2 saturated carbocycles. The first-order valence-corrected chi connectivity index (χ1v) is 7.85. The summed E-state index contributed by atoms with van der Waals surface area (Å²) in [6, 6.07) is 16.2. The van der Waals surface area contributed by atoms with Gasteiger partial charge in [0.2, 0.25) is 0 Å². The Morgan fingerprint density at radius 1 is 0.905 bits per heavy atom. The fourth-order valence-electron chi connectivity index (χ4n) is 2.81. The molecular formula is C19H20O2. The first kappa shape index (κ1) is 12.9. The second-order valence-corrected chi connectivity index (χ2v) is 6.19. The van der Waals surface area contributed by atoms with Crippen molar-refractivity contribution in [3.05, 3.63) is 65.2 Å². The third-order valence-electron chi connectivity index (χ3n) is 4.33. The molecule has 2 fully saturated rings. The summed E-state index contributed by atoms with van der Waals surface area (Å²) in [5.41, 5.74) is 3.30. The predicted octanol–water partition coefficient (Wildman–Crippen LogP) is 4.19. The molecule has 0 aromatic heterocycles. The summed E-state index contributed by atoms with van der Waals surface area (Å²) in [5, 5.41) is 10.7. The zero-order chi connectivity index (χ0) is 14.2. The lowest BCUT2D eigenvalue weighted by Gasteiger charge is -2.16. The maximum absolute atomic E-state index is 10.7.